The van der Waals surface area contributed by atoms with Crippen molar-refractivity contribution in [3.8, 4) is 0 Å². The number of urea groups is 1. The fourth-order valence-corrected chi connectivity index (χ4v) is 1.39. The minimum atomic E-state index is -0.150. The molecule has 1 heterocycles. The van der Waals surface area contributed by atoms with Crippen LogP contribution in [0.3, 0.4) is 0 Å². The first-order chi connectivity index (χ1) is 7.83. The lowest BCUT2D eigenvalue weighted by Crippen LogP contribution is -2.43. The van der Waals surface area contributed by atoms with Gasteiger partial charge in [0.2, 0.25) is 0 Å². The number of carbonyl (C=O) groups is 1. The summed E-state index contributed by atoms with van der Waals surface area (Å²) < 4.78 is 10.4. The van der Waals surface area contributed by atoms with Gasteiger partial charge in [-0.05, 0) is 12.8 Å². The molecule has 0 radical (unpaired) electrons. The Hall–Kier alpha value is -1.07. The fourth-order valence-electron chi connectivity index (χ4n) is 1.39. The van der Waals surface area contributed by atoms with E-state index >= 15 is 0 Å². The normalized spacial score (nSPS) is 19.4. The van der Waals surface area contributed by atoms with Gasteiger partial charge in [-0.3, -0.25) is 0 Å². The molecule has 1 unspecified atom stereocenters. The van der Waals surface area contributed by atoms with Crippen molar-refractivity contribution >= 4 is 6.03 Å². The Morgan fingerprint density at radius 1 is 1.56 bits per heavy atom. The van der Waals surface area contributed by atoms with E-state index in [4.69, 9.17) is 9.47 Å². The Morgan fingerprint density at radius 3 is 3.12 bits per heavy atom. The molecule has 0 aromatic carbocycles. The highest BCUT2D eigenvalue weighted by molar-refractivity contribution is 5.74. The predicted molar refractivity (Wildman–Crippen MR) is 61.4 cm³/mol. The second kappa shape index (κ2) is 8.13. The molecule has 0 aliphatic carbocycles. The summed E-state index contributed by atoms with van der Waals surface area (Å²) in [5.41, 5.74) is 0. The molecule has 5 heteroatoms. The summed E-state index contributed by atoms with van der Waals surface area (Å²) in [5.74, 6) is 0. The lowest BCUT2D eigenvalue weighted by Gasteiger charge is -2.11. The Bertz CT molecular complexity index is 215. The first kappa shape index (κ1) is 13.0. The highest BCUT2D eigenvalue weighted by Crippen LogP contribution is 2.02. The summed E-state index contributed by atoms with van der Waals surface area (Å²) in [7, 11) is 0. The number of rotatable bonds is 7. The molecule has 0 spiro atoms. The largest absolute Gasteiger partial charge is 0.379 e. The summed E-state index contributed by atoms with van der Waals surface area (Å²) in [4.78, 5) is 11.3. The molecular weight excluding hydrogens is 208 g/mol. The van der Waals surface area contributed by atoms with E-state index in [9.17, 15) is 4.79 Å². The zero-order chi connectivity index (χ0) is 11.6. The van der Waals surface area contributed by atoms with E-state index in [1.807, 2.05) is 0 Å². The Balaban J connectivity index is 1.91. The van der Waals surface area contributed by atoms with Gasteiger partial charge in [0, 0.05) is 13.2 Å². The van der Waals surface area contributed by atoms with E-state index in [2.05, 4.69) is 17.2 Å². The van der Waals surface area contributed by atoms with Crippen LogP contribution in [0, 0.1) is 0 Å². The van der Waals surface area contributed by atoms with Gasteiger partial charge in [0.05, 0.1) is 25.9 Å². The maximum atomic E-state index is 11.3. The molecule has 1 fully saturated rings. The standard InChI is InChI=1S/C11H20N2O3/c1-2-3-6-15-8-5-12-11(14)13-10-4-7-16-9-10/h2,10H,1,3-9H2,(H2,12,13,14). The third-order valence-electron chi connectivity index (χ3n) is 2.26. The van der Waals surface area contributed by atoms with Crippen molar-refractivity contribution in [1.29, 1.82) is 0 Å². The van der Waals surface area contributed by atoms with Crippen molar-refractivity contribution in [2.75, 3.05) is 33.0 Å². The molecule has 0 aromatic rings. The van der Waals surface area contributed by atoms with Crippen LogP contribution in [0.5, 0.6) is 0 Å². The molecule has 0 saturated carbocycles. The molecule has 16 heavy (non-hydrogen) atoms. The summed E-state index contributed by atoms with van der Waals surface area (Å²) in [6, 6.07) is 0.00417. The maximum absolute atomic E-state index is 11.3. The number of hydrogen-bond acceptors (Lipinski definition) is 3. The van der Waals surface area contributed by atoms with Crippen molar-refractivity contribution in [1.82, 2.24) is 10.6 Å². The first-order valence-electron chi connectivity index (χ1n) is 5.63. The van der Waals surface area contributed by atoms with Gasteiger partial charge < -0.3 is 20.1 Å². The molecule has 1 aliphatic heterocycles. The molecule has 2 amide bonds. The van der Waals surface area contributed by atoms with Gasteiger partial charge in [-0.1, -0.05) is 6.08 Å². The van der Waals surface area contributed by atoms with Crippen molar-refractivity contribution in [2.45, 2.75) is 18.9 Å². The molecule has 1 aliphatic rings. The van der Waals surface area contributed by atoms with Gasteiger partial charge >= 0.3 is 6.03 Å². The van der Waals surface area contributed by atoms with Crippen LogP contribution < -0.4 is 10.6 Å². The smallest absolute Gasteiger partial charge is 0.315 e. The number of ether oxygens (including phenoxy) is 2. The molecular formula is C11H20N2O3. The number of amides is 2. The Kier molecular flexibility index (Phi) is 6.60. The molecule has 0 bridgehead atoms. The summed E-state index contributed by atoms with van der Waals surface area (Å²) in [6.45, 7) is 6.65. The van der Waals surface area contributed by atoms with E-state index < -0.39 is 0 Å². The second-order valence-corrected chi connectivity index (χ2v) is 3.65. The Labute approximate surface area is 96.2 Å². The first-order valence-corrected chi connectivity index (χ1v) is 5.63. The molecule has 1 saturated heterocycles. The summed E-state index contributed by atoms with van der Waals surface area (Å²) in [6.07, 6.45) is 3.54. The highest BCUT2D eigenvalue weighted by Gasteiger charge is 2.16. The van der Waals surface area contributed by atoms with E-state index in [0.717, 1.165) is 19.4 Å². The van der Waals surface area contributed by atoms with Gasteiger partial charge in [0.15, 0.2) is 0 Å². The number of carbonyl (C=O) groups excluding carboxylic acids is 1. The van der Waals surface area contributed by atoms with Crippen LogP contribution in [0.25, 0.3) is 0 Å². The average molecular weight is 228 g/mol. The van der Waals surface area contributed by atoms with E-state index in [0.29, 0.717) is 26.4 Å². The zero-order valence-corrected chi connectivity index (χ0v) is 9.54. The average Bonchev–Trinajstić information content (AvgIpc) is 2.76. The molecule has 92 valence electrons. The Morgan fingerprint density at radius 2 is 2.44 bits per heavy atom. The van der Waals surface area contributed by atoms with Crippen LogP contribution in [0.1, 0.15) is 12.8 Å². The van der Waals surface area contributed by atoms with Gasteiger partial charge in [-0.25, -0.2) is 4.79 Å². The highest BCUT2D eigenvalue weighted by atomic mass is 16.5. The quantitative estimate of drug-likeness (QED) is 0.497. The van der Waals surface area contributed by atoms with Crippen molar-refractivity contribution in [2.24, 2.45) is 0 Å². The van der Waals surface area contributed by atoms with Gasteiger partial charge in [-0.2, -0.15) is 0 Å². The number of hydrogen-bond donors (Lipinski definition) is 2. The molecule has 5 nitrogen and oxygen atoms in total. The topological polar surface area (TPSA) is 59.6 Å². The third kappa shape index (κ3) is 5.72. The van der Waals surface area contributed by atoms with Gasteiger partial charge in [0.25, 0.3) is 0 Å². The molecule has 1 rings (SSSR count). The molecule has 0 aromatic heterocycles. The minimum Gasteiger partial charge on any atom is -0.379 e. The van der Waals surface area contributed by atoms with Gasteiger partial charge in [-0.15, -0.1) is 6.58 Å². The SMILES string of the molecule is C=CCCOCCNC(=O)NC1CCOC1. The minimum absolute atomic E-state index is 0.150. The van der Waals surface area contributed by atoms with E-state index in [1.54, 1.807) is 6.08 Å². The van der Waals surface area contributed by atoms with Crippen LogP contribution in [0.4, 0.5) is 4.79 Å². The maximum Gasteiger partial charge on any atom is 0.315 e. The predicted octanol–water partition coefficient (Wildman–Crippen LogP) is 0.667. The third-order valence-corrected chi connectivity index (χ3v) is 2.26. The van der Waals surface area contributed by atoms with Crippen LogP contribution in [-0.2, 0) is 9.47 Å². The lowest BCUT2D eigenvalue weighted by molar-refractivity contribution is 0.140. The lowest BCUT2D eigenvalue weighted by atomic mass is 10.3. The van der Waals surface area contributed by atoms with Crippen molar-refractivity contribution in [3.63, 3.8) is 0 Å². The van der Waals surface area contributed by atoms with E-state index in [1.165, 1.54) is 0 Å². The summed E-state index contributed by atoms with van der Waals surface area (Å²) >= 11 is 0. The number of nitrogens with one attached hydrogen (secondary N) is 2. The van der Waals surface area contributed by atoms with Crippen LogP contribution in [0.15, 0.2) is 12.7 Å². The van der Waals surface area contributed by atoms with Crippen molar-refractivity contribution in [3.05, 3.63) is 12.7 Å². The van der Waals surface area contributed by atoms with Crippen LogP contribution in [0.2, 0.25) is 0 Å². The molecule has 2 N–H and O–H groups in total. The fraction of sp³-hybridized carbons (Fsp3) is 0.727. The monoisotopic (exact) mass is 228 g/mol. The van der Waals surface area contributed by atoms with Crippen LogP contribution in [-0.4, -0.2) is 45.0 Å². The zero-order valence-electron chi connectivity index (χ0n) is 9.54. The summed E-state index contributed by atoms with van der Waals surface area (Å²) in [5, 5.41) is 5.56. The van der Waals surface area contributed by atoms with Crippen LogP contribution >= 0.6 is 0 Å². The molecule has 1 atom stereocenters. The van der Waals surface area contributed by atoms with Crippen molar-refractivity contribution < 1.29 is 14.3 Å². The second-order valence-electron chi connectivity index (χ2n) is 3.65. The van der Waals surface area contributed by atoms with E-state index in [-0.39, 0.29) is 12.1 Å². The van der Waals surface area contributed by atoms with Gasteiger partial charge in [0.1, 0.15) is 0 Å².